The fourth-order valence-corrected chi connectivity index (χ4v) is 7.96. The number of alkyl halides is 1. The Morgan fingerprint density at radius 2 is 2.05 bits per heavy atom. The number of nitrogens with two attached hydrogens (primary N) is 1. The number of hydrogen-bond donors (Lipinski definition) is 2. The highest BCUT2D eigenvalue weighted by atomic mass is 19.1. The smallest absolute Gasteiger partial charge is 0.318 e. The fourth-order valence-electron chi connectivity index (χ4n) is 7.96. The van der Waals surface area contributed by atoms with E-state index >= 15 is 0 Å². The lowest BCUT2D eigenvalue weighted by Gasteiger charge is -2.44. The molecular formula is C30H40FN5O3. The van der Waals surface area contributed by atoms with Crippen LogP contribution in [0.4, 0.5) is 15.9 Å². The molecule has 2 aromatic rings. The van der Waals surface area contributed by atoms with E-state index < -0.39 is 17.4 Å². The monoisotopic (exact) mass is 537 g/mol. The van der Waals surface area contributed by atoms with E-state index in [2.05, 4.69) is 21.9 Å². The van der Waals surface area contributed by atoms with E-state index in [0.29, 0.717) is 45.2 Å². The predicted molar refractivity (Wildman–Crippen MR) is 147 cm³/mol. The zero-order valence-corrected chi connectivity index (χ0v) is 22.9. The number of rotatable bonds is 4. The molecule has 8 nitrogen and oxygen atoms in total. The summed E-state index contributed by atoms with van der Waals surface area (Å²) in [6, 6.07) is 6.52. The first-order valence-electron chi connectivity index (χ1n) is 14.7. The highest BCUT2D eigenvalue weighted by molar-refractivity contribution is 5.54. The standard InChI is InChI=1S/C30H40FN5O3/c1-28(37)8-3-11-35(18-28)26-23-17-39-30(10-2-5-20-6-7-22(32)13-24(20)30)15-25(23)33-27(34-26)38-19-29-9-4-12-36(29)16-21(31)14-29/h6-7,13,21,37H,2-5,8-12,14-19,32H2,1H3/t21?,28-,29+,30-/m1/s1. The van der Waals surface area contributed by atoms with Crippen molar-refractivity contribution in [3.8, 4) is 6.01 Å². The molecule has 0 radical (unpaired) electrons. The van der Waals surface area contributed by atoms with Crippen molar-refractivity contribution in [3.05, 3.63) is 40.6 Å². The Hall–Kier alpha value is -2.49. The Kier molecular flexibility index (Phi) is 6.06. The minimum atomic E-state index is -0.805. The van der Waals surface area contributed by atoms with Crippen LogP contribution in [-0.2, 0) is 29.8 Å². The first kappa shape index (κ1) is 25.5. The van der Waals surface area contributed by atoms with E-state index in [1.807, 2.05) is 13.0 Å². The summed E-state index contributed by atoms with van der Waals surface area (Å²) < 4.78 is 27.5. The number of β-amino-alcohol motifs (C(OH)–C–C–N with tert-alkyl or cyclic N) is 1. The van der Waals surface area contributed by atoms with Crippen molar-refractivity contribution >= 4 is 11.5 Å². The van der Waals surface area contributed by atoms with Gasteiger partial charge in [0.05, 0.1) is 29.0 Å². The van der Waals surface area contributed by atoms with Gasteiger partial charge in [0.2, 0.25) is 0 Å². The van der Waals surface area contributed by atoms with E-state index in [9.17, 15) is 9.50 Å². The van der Waals surface area contributed by atoms with Crippen molar-refractivity contribution in [1.82, 2.24) is 14.9 Å². The van der Waals surface area contributed by atoms with Gasteiger partial charge in [-0.3, -0.25) is 4.90 Å². The highest BCUT2D eigenvalue weighted by Crippen LogP contribution is 2.47. The summed E-state index contributed by atoms with van der Waals surface area (Å²) in [5.74, 6) is 0.795. The quantitative estimate of drug-likeness (QED) is 0.571. The summed E-state index contributed by atoms with van der Waals surface area (Å²) >= 11 is 0. The van der Waals surface area contributed by atoms with Crippen LogP contribution < -0.4 is 15.4 Å². The van der Waals surface area contributed by atoms with Gasteiger partial charge in [-0.25, -0.2) is 4.39 Å². The molecule has 7 rings (SSSR count). The zero-order chi connectivity index (χ0) is 26.8. The van der Waals surface area contributed by atoms with Gasteiger partial charge in [0, 0.05) is 43.7 Å². The third kappa shape index (κ3) is 4.46. The van der Waals surface area contributed by atoms with Crippen LogP contribution in [0.1, 0.15) is 74.3 Å². The minimum Gasteiger partial charge on any atom is -0.461 e. The molecule has 3 fully saturated rings. The summed E-state index contributed by atoms with van der Waals surface area (Å²) in [5, 5.41) is 10.9. The fraction of sp³-hybridized carbons (Fsp3) is 0.667. The molecule has 1 unspecified atom stereocenters. The number of anilines is 2. The number of hydrogen-bond acceptors (Lipinski definition) is 8. The van der Waals surface area contributed by atoms with Gasteiger partial charge >= 0.3 is 6.01 Å². The van der Waals surface area contributed by atoms with Crippen LogP contribution >= 0.6 is 0 Å². The molecule has 1 aliphatic carbocycles. The van der Waals surface area contributed by atoms with Gasteiger partial charge in [-0.15, -0.1) is 0 Å². The van der Waals surface area contributed by atoms with Gasteiger partial charge in [0.1, 0.15) is 18.6 Å². The Labute approximate surface area is 229 Å². The molecular weight excluding hydrogens is 497 g/mol. The van der Waals surface area contributed by atoms with Crippen molar-refractivity contribution in [2.75, 3.05) is 43.4 Å². The van der Waals surface area contributed by atoms with Crippen LogP contribution in [0.2, 0.25) is 0 Å². The summed E-state index contributed by atoms with van der Waals surface area (Å²) in [5.41, 5.74) is 9.83. The average molecular weight is 538 g/mol. The Balaban J connectivity index is 1.25. The number of aliphatic hydroxyl groups is 1. The number of piperidine rings is 1. The third-order valence-electron chi connectivity index (χ3n) is 9.85. The molecule has 4 atom stereocenters. The van der Waals surface area contributed by atoms with E-state index in [1.54, 1.807) is 0 Å². The van der Waals surface area contributed by atoms with Gasteiger partial charge in [-0.2, -0.15) is 9.97 Å². The van der Waals surface area contributed by atoms with Gasteiger partial charge in [0.25, 0.3) is 0 Å². The number of benzene rings is 1. The topological polar surface area (TPSA) is 97.0 Å². The van der Waals surface area contributed by atoms with Crippen molar-refractivity contribution in [1.29, 1.82) is 0 Å². The zero-order valence-electron chi connectivity index (χ0n) is 22.9. The highest BCUT2D eigenvalue weighted by Gasteiger charge is 2.50. The van der Waals surface area contributed by atoms with Crippen LogP contribution in [0.15, 0.2) is 18.2 Å². The first-order valence-corrected chi connectivity index (χ1v) is 14.7. The molecule has 210 valence electrons. The van der Waals surface area contributed by atoms with Crippen LogP contribution in [-0.4, -0.2) is 70.1 Å². The van der Waals surface area contributed by atoms with Gasteiger partial charge in [-0.05, 0) is 81.7 Å². The number of nitrogens with zero attached hydrogens (tertiary/aromatic N) is 4. The number of aryl methyl sites for hydroxylation is 1. The van der Waals surface area contributed by atoms with E-state index in [0.717, 1.165) is 80.8 Å². The van der Waals surface area contributed by atoms with Gasteiger partial charge in [-0.1, -0.05) is 6.07 Å². The molecule has 39 heavy (non-hydrogen) atoms. The maximum atomic E-state index is 14.4. The van der Waals surface area contributed by atoms with Crippen molar-refractivity contribution < 1.29 is 19.0 Å². The normalized spacial score (nSPS) is 34.1. The third-order valence-corrected chi connectivity index (χ3v) is 9.85. The largest absolute Gasteiger partial charge is 0.461 e. The first-order chi connectivity index (χ1) is 18.7. The molecule has 4 aliphatic heterocycles. The maximum absolute atomic E-state index is 14.4. The predicted octanol–water partition coefficient (Wildman–Crippen LogP) is 3.67. The van der Waals surface area contributed by atoms with Gasteiger partial charge < -0.3 is 25.2 Å². The molecule has 9 heteroatoms. The number of nitrogen functional groups attached to an aromatic ring is 1. The maximum Gasteiger partial charge on any atom is 0.318 e. The molecule has 0 saturated carbocycles. The summed E-state index contributed by atoms with van der Waals surface area (Å²) in [7, 11) is 0. The van der Waals surface area contributed by atoms with Crippen molar-refractivity contribution in [2.24, 2.45) is 0 Å². The second-order valence-corrected chi connectivity index (χ2v) is 12.9. The lowest BCUT2D eigenvalue weighted by atomic mass is 9.74. The number of halogens is 1. The molecule has 0 bridgehead atoms. The number of fused-ring (bicyclic) bond motifs is 4. The molecule has 1 spiro atoms. The summed E-state index contributed by atoms with van der Waals surface area (Å²) in [6.07, 6.45) is 6.96. The summed E-state index contributed by atoms with van der Waals surface area (Å²) in [4.78, 5) is 14.3. The lowest BCUT2D eigenvalue weighted by molar-refractivity contribution is -0.0856. The summed E-state index contributed by atoms with van der Waals surface area (Å²) in [6.45, 7) is 5.41. The average Bonchev–Trinajstić information content (AvgIpc) is 3.42. The van der Waals surface area contributed by atoms with Crippen molar-refractivity contribution in [3.63, 3.8) is 0 Å². The van der Waals surface area contributed by atoms with E-state index in [1.165, 1.54) is 11.1 Å². The van der Waals surface area contributed by atoms with Crippen LogP contribution in [0.5, 0.6) is 6.01 Å². The molecule has 1 aromatic heterocycles. The van der Waals surface area contributed by atoms with E-state index in [-0.39, 0.29) is 5.54 Å². The Morgan fingerprint density at radius 3 is 2.92 bits per heavy atom. The number of aromatic nitrogens is 2. The SMILES string of the molecule is C[C@@]1(O)CCCN(c2nc(OC[C@@]34CCCN3CC(F)C4)nc3c2CO[C@]2(CCCc4ccc(N)cc42)C3)C1. The second-order valence-electron chi connectivity index (χ2n) is 12.9. The lowest BCUT2D eigenvalue weighted by Crippen LogP contribution is -2.47. The number of ether oxygens (including phenoxy) is 2. The Bertz CT molecular complexity index is 1270. The van der Waals surface area contributed by atoms with Crippen LogP contribution in [0, 0.1) is 0 Å². The molecule has 0 amide bonds. The molecule has 3 N–H and O–H groups in total. The molecule has 1 aromatic carbocycles. The molecule has 3 saturated heterocycles. The molecule has 5 aliphatic rings. The second kappa shape index (κ2) is 9.28. The van der Waals surface area contributed by atoms with Gasteiger partial charge in [0.15, 0.2) is 0 Å². The Morgan fingerprint density at radius 1 is 1.18 bits per heavy atom. The molecule has 5 heterocycles. The van der Waals surface area contributed by atoms with Crippen molar-refractivity contribution in [2.45, 2.75) is 94.2 Å². The van der Waals surface area contributed by atoms with E-state index in [4.69, 9.17) is 25.2 Å². The minimum absolute atomic E-state index is 0.266. The van der Waals surface area contributed by atoms with Crippen LogP contribution in [0.25, 0.3) is 0 Å². The van der Waals surface area contributed by atoms with Crippen LogP contribution in [0.3, 0.4) is 0 Å².